The summed E-state index contributed by atoms with van der Waals surface area (Å²) in [6.07, 6.45) is 9.36. The van der Waals surface area contributed by atoms with E-state index < -0.39 is 0 Å². The van der Waals surface area contributed by atoms with Gasteiger partial charge >= 0.3 is 0 Å². The van der Waals surface area contributed by atoms with Crippen molar-refractivity contribution in [2.75, 3.05) is 13.2 Å². The molecule has 158 valence electrons. The molecule has 1 fully saturated rings. The van der Waals surface area contributed by atoms with E-state index in [4.69, 9.17) is 16.3 Å². The predicted molar refractivity (Wildman–Crippen MR) is 118 cm³/mol. The molecule has 1 amide bonds. The molecule has 2 aromatic rings. The number of fused-ring (bicyclic) bond motifs is 1. The first-order valence-corrected chi connectivity index (χ1v) is 11.2. The van der Waals surface area contributed by atoms with Gasteiger partial charge in [-0.05, 0) is 43.9 Å². The number of aromatic amines is 1. The number of pyridine rings is 1. The minimum Gasteiger partial charge on any atom is -0.492 e. The molecule has 6 heteroatoms. The zero-order valence-corrected chi connectivity index (χ0v) is 18.0. The third-order valence-electron chi connectivity index (χ3n) is 5.68. The van der Waals surface area contributed by atoms with Crippen LogP contribution < -0.4 is 10.3 Å². The van der Waals surface area contributed by atoms with E-state index in [-0.39, 0.29) is 11.5 Å². The molecule has 0 radical (unpaired) electrons. The van der Waals surface area contributed by atoms with E-state index in [9.17, 15) is 9.59 Å². The number of H-pyrrole nitrogens is 1. The zero-order chi connectivity index (χ0) is 20.6. The first-order valence-electron chi connectivity index (χ1n) is 10.8. The van der Waals surface area contributed by atoms with Crippen molar-refractivity contribution in [2.45, 2.75) is 70.8 Å². The number of nitrogens with zero attached hydrogens (tertiary/aromatic N) is 1. The van der Waals surface area contributed by atoms with Gasteiger partial charge in [-0.2, -0.15) is 0 Å². The molecule has 1 heterocycles. The van der Waals surface area contributed by atoms with Crippen LogP contribution in [0.25, 0.3) is 10.9 Å². The normalized spacial score (nSPS) is 14.8. The third kappa shape index (κ3) is 5.75. The van der Waals surface area contributed by atoms with Crippen LogP contribution in [0.5, 0.6) is 5.75 Å². The quantitative estimate of drug-likeness (QED) is 0.562. The molecular formula is C23H31ClN2O3. The van der Waals surface area contributed by atoms with E-state index in [1.165, 1.54) is 25.3 Å². The molecule has 1 aliphatic rings. The highest BCUT2D eigenvalue weighted by molar-refractivity contribution is 6.36. The van der Waals surface area contributed by atoms with Gasteiger partial charge in [-0.15, -0.1) is 0 Å². The SMILES string of the molecule is CCCCN(C(=O)CCCOc1ccc2[nH]c(=O)ccc2c1Cl)C1CCCCC1. The van der Waals surface area contributed by atoms with Crippen LogP contribution in [0.4, 0.5) is 0 Å². The molecule has 1 aromatic heterocycles. The third-order valence-corrected chi connectivity index (χ3v) is 6.07. The van der Waals surface area contributed by atoms with Gasteiger partial charge in [0, 0.05) is 30.5 Å². The maximum absolute atomic E-state index is 12.8. The Balaban J connectivity index is 1.53. The van der Waals surface area contributed by atoms with Crippen molar-refractivity contribution < 1.29 is 9.53 Å². The van der Waals surface area contributed by atoms with Crippen LogP contribution in [-0.2, 0) is 4.79 Å². The van der Waals surface area contributed by atoms with Crippen LogP contribution in [-0.4, -0.2) is 35.0 Å². The maximum Gasteiger partial charge on any atom is 0.248 e. The number of benzene rings is 1. The molecular weight excluding hydrogens is 388 g/mol. The van der Waals surface area contributed by atoms with E-state index in [0.29, 0.717) is 41.8 Å². The number of ether oxygens (including phenoxy) is 1. The molecule has 1 N–H and O–H groups in total. The van der Waals surface area contributed by atoms with Gasteiger partial charge in [0.1, 0.15) is 5.75 Å². The summed E-state index contributed by atoms with van der Waals surface area (Å²) in [4.78, 5) is 29.1. The Morgan fingerprint density at radius 1 is 1.17 bits per heavy atom. The Morgan fingerprint density at radius 2 is 1.97 bits per heavy atom. The number of aromatic nitrogens is 1. The number of carbonyl (C=O) groups excluding carboxylic acids is 1. The topological polar surface area (TPSA) is 62.4 Å². The van der Waals surface area contributed by atoms with Crippen molar-refractivity contribution >= 4 is 28.4 Å². The highest BCUT2D eigenvalue weighted by Gasteiger charge is 2.24. The standard InChI is InChI=1S/C23H31ClN2O3/c1-2-3-15-26(17-8-5-4-6-9-17)22(28)10-7-16-29-20-13-12-19-18(23(20)24)11-14-21(27)25-19/h11-14,17H,2-10,15-16H2,1H3,(H,25,27). The number of hydrogen-bond acceptors (Lipinski definition) is 3. The largest absolute Gasteiger partial charge is 0.492 e. The number of rotatable bonds is 9. The van der Waals surface area contributed by atoms with Gasteiger partial charge < -0.3 is 14.6 Å². The van der Waals surface area contributed by atoms with Gasteiger partial charge in [-0.1, -0.05) is 44.2 Å². The fraction of sp³-hybridized carbons (Fsp3) is 0.565. The van der Waals surface area contributed by atoms with Crippen molar-refractivity contribution in [2.24, 2.45) is 0 Å². The Hall–Kier alpha value is -2.01. The van der Waals surface area contributed by atoms with Crippen LogP contribution >= 0.6 is 11.6 Å². The van der Waals surface area contributed by atoms with E-state index in [0.717, 1.165) is 37.6 Å². The van der Waals surface area contributed by atoms with Gasteiger partial charge in [-0.3, -0.25) is 9.59 Å². The molecule has 29 heavy (non-hydrogen) atoms. The van der Waals surface area contributed by atoms with Crippen molar-refractivity contribution in [3.8, 4) is 5.75 Å². The summed E-state index contributed by atoms with van der Waals surface area (Å²) in [6.45, 7) is 3.47. The van der Waals surface area contributed by atoms with Crippen molar-refractivity contribution in [1.29, 1.82) is 0 Å². The summed E-state index contributed by atoms with van der Waals surface area (Å²) in [5.41, 5.74) is 0.524. The Labute approximate surface area is 177 Å². The number of hydrogen-bond donors (Lipinski definition) is 1. The molecule has 0 bridgehead atoms. The highest BCUT2D eigenvalue weighted by Crippen LogP contribution is 2.31. The molecule has 3 rings (SSSR count). The predicted octanol–water partition coefficient (Wildman–Crippen LogP) is 5.30. The van der Waals surface area contributed by atoms with Gasteiger partial charge in [0.05, 0.1) is 17.1 Å². The minimum atomic E-state index is -0.161. The number of nitrogens with one attached hydrogen (secondary N) is 1. The second kappa shape index (κ2) is 10.7. The molecule has 1 aliphatic carbocycles. The average Bonchev–Trinajstić information content (AvgIpc) is 2.73. The first-order chi connectivity index (χ1) is 14.1. The van der Waals surface area contributed by atoms with E-state index >= 15 is 0 Å². The lowest BCUT2D eigenvalue weighted by Crippen LogP contribution is -2.42. The van der Waals surface area contributed by atoms with E-state index in [2.05, 4.69) is 16.8 Å². The average molecular weight is 419 g/mol. The van der Waals surface area contributed by atoms with E-state index in [1.54, 1.807) is 18.2 Å². The number of halogens is 1. The van der Waals surface area contributed by atoms with Gasteiger partial charge in [0.15, 0.2) is 0 Å². The van der Waals surface area contributed by atoms with Gasteiger partial charge in [-0.25, -0.2) is 0 Å². The monoisotopic (exact) mass is 418 g/mol. The van der Waals surface area contributed by atoms with Gasteiger partial charge in [0.2, 0.25) is 11.5 Å². The number of amides is 1. The molecule has 5 nitrogen and oxygen atoms in total. The van der Waals surface area contributed by atoms with E-state index in [1.807, 2.05) is 0 Å². The molecule has 1 aromatic carbocycles. The molecule has 0 unspecified atom stereocenters. The smallest absolute Gasteiger partial charge is 0.248 e. The van der Waals surface area contributed by atoms with Crippen LogP contribution in [0.2, 0.25) is 5.02 Å². The maximum atomic E-state index is 12.8. The Bertz CT molecular complexity index is 874. The lowest BCUT2D eigenvalue weighted by Gasteiger charge is -2.34. The summed E-state index contributed by atoms with van der Waals surface area (Å²) in [7, 11) is 0. The van der Waals surface area contributed by atoms with Crippen LogP contribution in [0.3, 0.4) is 0 Å². The summed E-state index contributed by atoms with van der Waals surface area (Å²) in [6, 6.07) is 7.12. The van der Waals surface area contributed by atoms with Crippen LogP contribution in [0.1, 0.15) is 64.7 Å². The van der Waals surface area contributed by atoms with Crippen LogP contribution in [0.15, 0.2) is 29.1 Å². The summed E-state index contributed by atoms with van der Waals surface area (Å²) >= 11 is 6.42. The molecule has 1 saturated carbocycles. The lowest BCUT2D eigenvalue weighted by atomic mass is 9.93. The molecule has 0 aliphatic heterocycles. The second-order valence-corrected chi connectivity index (χ2v) is 8.22. The fourth-order valence-corrected chi connectivity index (χ4v) is 4.35. The fourth-order valence-electron chi connectivity index (χ4n) is 4.07. The molecule has 0 saturated heterocycles. The molecule has 0 spiro atoms. The van der Waals surface area contributed by atoms with Gasteiger partial charge in [0.25, 0.3) is 0 Å². The minimum absolute atomic E-state index is 0.161. The number of carbonyl (C=O) groups is 1. The number of unbranched alkanes of at least 4 members (excludes halogenated alkanes) is 1. The van der Waals surface area contributed by atoms with Crippen molar-refractivity contribution in [3.05, 3.63) is 39.6 Å². The second-order valence-electron chi connectivity index (χ2n) is 7.85. The summed E-state index contributed by atoms with van der Waals surface area (Å²) < 4.78 is 5.84. The summed E-state index contributed by atoms with van der Waals surface area (Å²) in [5, 5.41) is 1.24. The van der Waals surface area contributed by atoms with Crippen molar-refractivity contribution in [3.63, 3.8) is 0 Å². The lowest BCUT2D eigenvalue weighted by molar-refractivity contribution is -0.134. The summed E-state index contributed by atoms with van der Waals surface area (Å²) in [5.74, 6) is 0.824. The van der Waals surface area contributed by atoms with Crippen LogP contribution in [0, 0.1) is 0 Å². The Kier molecular flexibility index (Phi) is 7.99. The first kappa shape index (κ1) is 21.7. The zero-order valence-electron chi connectivity index (χ0n) is 17.2. The molecule has 0 atom stereocenters. The highest BCUT2D eigenvalue weighted by atomic mass is 35.5. The van der Waals surface area contributed by atoms with Crippen molar-refractivity contribution in [1.82, 2.24) is 9.88 Å². The Morgan fingerprint density at radius 3 is 2.72 bits per heavy atom.